The second kappa shape index (κ2) is 6.40. The van der Waals surface area contributed by atoms with Crippen LogP contribution in [0.3, 0.4) is 0 Å². The van der Waals surface area contributed by atoms with Crippen LogP contribution in [0.5, 0.6) is 5.75 Å². The van der Waals surface area contributed by atoms with Gasteiger partial charge in [0.2, 0.25) is 5.78 Å². The summed E-state index contributed by atoms with van der Waals surface area (Å²) in [5.41, 5.74) is 0.513. The number of carbonyl (C=O) groups excluding carboxylic acids is 2. The normalized spacial score (nSPS) is 17.0. The van der Waals surface area contributed by atoms with Gasteiger partial charge < -0.3 is 14.7 Å². The molecule has 0 radical (unpaired) electrons. The maximum absolute atomic E-state index is 13.0. The SMILES string of the molecule is Cc1cc(N2C(=O)C(O)=C(C(=O)c3cccs3)C2c2ccc(O)cc2)no1. The van der Waals surface area contributed by atoms with Crippen molar-refractivity contribution in [2.24, 2.45) is 0 Å². The van der Waals surface area contributed by atoms with Crippen molar-refractivity contribution in [2.75, 3.05) is 4.90 Å². The van der Waals surface area contributed by atoms with Gasteiger partial charge >= 0.3 is 0 Å². The van der Waals surface area contributed by atoms with Crippen LogP contribution in [0.2, 0.25) is 0 Å². The fraction of sp³-hybridized carbons (Fsp3) is 0.105. The molecule has 0 spiro atoms. The summed E-state index contributed by atoms with van der Waals surface area (Å²) in [6.45, 7) is 1.68. The van der Waals surface area contributed by atoms with Crippen molar-refractivity contribution in [2.45, 2.75) is 13.0 Å². The molecule has 27 heavy (non-hydrogen) atoms. The molecule has 1 atom stereocenters. The maximum atomic E-state index is 13.0. The highest BCUT2D eigenvalue weighted by molar-refractivity contribution is 7.12. The lowest BCUT2D eigenvalue weighted by atomic mass is 9.95. The predicted octanol–water partition coefficient (Wildman–Crippen LogP) is 3.53. The molecular formula is C19H14N2O5S. The molecule has 0 saturated heterocycles. The Morgan fingerprint density at radius 1 is 1.22 bits per heavy atom. The Morgan fingerprint density at radius 3 is 2.56 bits per heavy atom. The van der Waals surface area contributed by atoms with Crippen LogP contribution in [0.4, 0.5) is 5.82 Å². The molecule has 0 fully saturated rings. The second-order valence-corrected chi connectivity index (χ2v) is 6.98. The Bertz CT molecular complexity index is 1050. The number of hydrogen-bond acceptors (Lipinski definition) is 7. The van der Waals surface area contributed by atoms with Gasteiger partial charge in [-0.3, -0.25) is 14.5 Å². The monoisotopic (exact) mass is 382 g/mol. The van der Waals surface area contributed by atoms with Crippen molar-refractivity contribution < 1.29 is 24.3 Å². The number of nitrogens with zero attached hydrogens (tertiary/aromatic N) is 2. The topological polar surface area (TPSA) is 104 Å². The van der Waals surface area contributed by atoms with Gasteiger partial charge in [0.05, 0.1) is 16.5 Å². The first-order valence-electron chi connectivity index (χ1n) is 8.04. The number of Topliss-reactive ketones (excluding diaryl/α,β-unsaturated/α-hetero) is 1. The lowest BCUT2D eigenvalue weighted by molar-refractivity contribution is -0.117. The summed E-state index contributed by atoms with van der Waals surface area (Å²) in [6.07, 6.45) is 0. The Hall–Kier alpha value is -3.39. The Kier molecular flexibility index (Phi) is 4.04. The number of aliphatic hydroxyl groups is 1. The van der Waals surface area contributed by atoms with Crippen molar-refractivity contribution in [1.29, 1.82) is 0 Å². The fourth-order valence-electron chi connectivity index (χ4n) is 3.05. The number of aliphatic hydroxyl groups excluding tert-OH is 1. The number of hydrogen-bond donors (Lipinski definition) is 2. The average Bonchev–Trinajstić information content (AvgIpc) is 3.37. The Balaban J connectivity index is 1.88. The first-order chi connectivity index (χ1) is 13.0. The van der Waals surface area contributed by atoms with Gasteiger partial charge in [0.25, 0.3) is 5.91 Å². The van der Waals surface area contributed by atoms with E-state index < -0.39 is 23.5 Å². The molecular weight excluding hydrogens is 368 g/mol. The van der Waals surface area contributed by atoms with E-state index in [-0.39, 0.29) is 17.1 Å². The lowest BCUT2D eigenvalue weighted by Gasteiger charge is -2.24. The minimum atomic E-state index is -0.891. The number of benzene rings is 1. The van der Waals surface area contributed by atoms with Gasteiger partial charge in [0.15, 0.2) is 11.6 Å². The fourth-order valence-corrected chi connectivity index (χ4v) is 3.73. The van der Waals surface area contributed by atoms with E-state index in [2.05, 4.69) is 5.16 Å². The zero-order valence-electron chi connectivity index (χ0n) is 14.1. The molecule has 2 aromatic heterocycles. The molecule has 3 aromatic rings. The summed E-state index contributed by atoms with van der Waals surface area (Å²) in [4.78, 5) is 27.4. The van der Waals surface area contributed by atoms with Crippen LogP contribution in [0, 0.1) is 6.92 Å². The minimum absolute atomic E-state index is 0.0335. The molecule has 0 aliphatic carbocycles. The zero-order chi connectivity index (χ0) is 19.1. The van der Waals surface area contributed by atoms with Crippen molar-refractivity contribution in [3.05, 3.63) is 75.4 Å². The number of phenols is 1. The van der Waals surface area contributed by atoms with E-state index in [1.54, 1.807) is 42.6 Å². The second-order valence-electron chi connectivity index (χ2n) is 6.03. The van der Waals surface area contributed by atoms with E-state index in [1.165, 1.54) is 28.4 Å². The number of thiophene rings is 1. The number of carbonyl (C=O) groups is 2. The van der Waals surface area contributed by atoms with E-state index in [4.69, 9.17) is 4.52 Å². The molecule has 0 bridgehead atoms. The van der Waals surface area contributed by atoms with Crippen LogP contribution in [-0.4, -0.2) is 27.1 Å². The van der Waals surface area contributed by atoms with E-state index in [0.29, 0.717) is 16.2 Å². The van der Waals surface area contributed by atoms with Crippen LogP contribution >= 0.6 is 11.3 Å². The summed E-state index contributed by atoms with van der Waals surface area (Å²) in [5, 5.41) is 25.7. The number of aryl methyl sites for hydroxylation is 1. The molecule has 1 unspecified atom stereocenters. The molecule has 1 amide bonds. The first-order valence-corrected chi connectivity index (χ1v) is 8.92. The highest BCUT2D eigenvalue weighted by Crippen LogP contribution is 2.42. The number of anilines is 1. The molecule has 8 heteroatoms. The van der Waals surface area contributed by atoms with Crippen molar-refractivity contribution >= 4 is 28.8 Å². The molecule has 2 N–H and O–H groups in total. The van der Waals surface area contributed by atoms with Crippen LogP contribution in [0.15, 0.2) is 63.7 Å². The van der Waals surface area contributed by atoms with Gasteiger partial charge in [-0.25, -0.2) is 0 Å². The number of rotatable bonds is 4. The van der Waals surface area contributed by atoms with Crippen LogP contribution in [-0.2, 0) is 4.79 Å². The molecule has 1 aromatic carbocycles. The summed E-state index contributed by atoms with van der Waals surface area (Å²) in [6, 6.07) is 10.1. The molecule has 136 valence electrons. The summed E-state index contributed by atoms with van der Waals surface area (Å²) >= 11 is 1.22. The van der Waals surface area contributed by atoms with E-state index in [9.17, 15) is 19.8 Å². The molecule has 4 rings (SSSR count). The largest absolute Gasteiger partial charge is 0.508 e. The van der Waals surface area contributed by atoms with Crippen LogP contribution in [0.25, 0.3) is 0 Å². The van der Waals surface area contributed by atoms with Gasteiger partial charge in [0, 0.05) is 6.07 Å². The van der Waals surface area contributed by atoms with Gasteiger partial charge in [-0.15, -0.1) is 11.3 Å². The number of phenolic OH excluding ortho intramolecular Hbond substituents is 1. The lowest BCUT2D eigenvalue weighted by Crippen LogP contribution is -2.31. The summed E-state index contributed by atoms with van der Waals surface area (Å²) < 4.78 is 5.06. The van der Waals surface area contributed by atoms with E-state index in [1.807, 2.05) is 0 Å². The molecule has 1 aliphatic heterocycles. The van der Waals surface area contributed by atoms with Crippen LogP contribution < -0.4 is 4.90 Å². The molecule has 1 aliphatic rings. The third-order valence-electron chi connectivity index (χ3n) is 4.27. The van der Waals surface area contributed by atoms with Gasteiger partial charge in [-0.1, -0.05) is 23.4 Å². The van der Waals surface area contributed by atoms with Gasteiger partial charge in [-0.05, 0) is 36.1 Å². The number of ketones is 1. The zero-order valence-corrected chi connectivity index (χ0v) is 14.9. The van der Waals surface area contributed by atoms with Crippen molar-refractivity contribution in [1.82, 2.24) is 5.16 Å². The minimum Gasteiger partial charge on any atom is -0.508 e. The van der Waals surface area contributed by atoms with Gasteiger partial charge in [0.1, 0.15) is 11.5 Å². The highest BCUT2D eigenvalue weighted by atomic mass is 32.1. The maximum Gasteiger partial charge on any atom is 0.295 e. The Morgan fingerprint density at radius 2 is 1.96 bits per heavy atom. The number of amides is 1. The standard InChI is InChI=1S/C19H14N2O5S/c1-10-9-14(20-26-10)21-16(11-4-6-12(22)7-5-11)15(18(24)19(21)25)17(23)13-3-2-8-27-13/h2-9,16,22,24H,1H3. The average molecular weight is 382 g/mol. The third kappa shape index (κ3) is 2.80. The number of aromatic nitrogens is 1. The first kappa shape index (κ1) is 17.0. The van der Waals surface area contributed by atoms with Crippen LogP contribution in [0.1, 0.15) is 27.0 Å². The van der Waals surface area contributed by atoms with E-state index >= 15 is 0 Å². The Labute approximate surface area is 157 Å². The smallest absolute Gasteiger partial charge is 0.295 e. The summed E-state index contributed by atoms with van der Waals surface area (Å²) in [5.74, 6) is -1.06. The molecule has 3 heterocycles. The predicted molar refractivity (Wildman–Crippen MR) is 97.9 cm³/mol. The van der Waals surface area contributed by atoms with Gasteiger partial charge in [-0.2, -0.15) is 0 Å². The number of aromatic hydroxyl groups is 1. The third-order valence-corrected chi connectivity index (χ3v) is 5.14. The highest BCUT2D eigenvalue weighted by Gasteiger charge is 2.45. The van der Waals surface area contributed by atoms with Crippen molar-refractivity contribution in [3.63, 3.8) is 0 Å². The quantitative estimate of drug-likeness (QED) is 0.669. The van der Waals surface area contributed by atoms with Crippen molar-refractivity contribution in [3.8, 4) is 5.75 Å². The molecule has 7 nitrogen and oxygen atoms in total. The molecule has 0 saturated carbocycles. The van der Waals surface area contributed by atoms with E-state index in [0.717, 1.165) is 0 Å². The summed E-state index contributed by atoms with van der Waals surface area (Å²) in [7, 11) is 0.